The van der Waals surface area contributed by atoms with Gasteiger partial charge in [-0.1, -0.05) is 72.8 Å². The summed E-state index contributed by atoms with van der Waals surface area (Å²) < 4.78 is 0. The predicted octanol–water partition coefficient (Wildman–Crippen LogP) is 5.10. The van der Waals surface area contributed by atoms with Gasteiger partial charge in [-0.3, -0.25) is 9.79 Å². The number of carbonyl (C=O) groups is 1. The van der Waals surface area contributed by atoms with Gasteiger partial charge in [0.05, 0.1) is 5.52 Å². The first-order valence-electron chi connectivity index (χ1n) is 11.3. The van der Waals surface area contributed by atoms with Crippen LogP contribution in [-0.4, -0.2) is 40.1 Å². The maximum absolute atomic E-state index is 13.0. The van der Waals surface area contributed by atoms with Crippen molar-refractivity contribution in [3.8, 4) is 11.4 Å². The Balaban J connectivity index is 1.41. The second-order valence-electron chi connectivity index (χ2n) is 8.24. The zero-order valence-electron chi connectivity index (χ0n) is 19.0. The largest absolute Gasteiger partial charge is 0.343 e. The first-order valence-corrected chi connectivity index (χ1v) is 11.3. The Hall–Kier alpha value is -4.32. The van der Waals surface area contributed by atoms with E-state index in [2.05, 4.69) is 10.3 Å². The third-order valence-electron chi connectivity index (χ3n) is 5.72. The number of dihydropyridines is 1. The van der Waals surface area contributed by atoms with Crippen LogP contribution in [0.15, 0.2) is 102 Å². The molecule has 34 heavy (non-hydrogen) atoms. The quantitative estimate of drug-likeness (QED) is 0.447. The van der Waals surface area contributed by atoms with Gasteiger partial charge >= 0.3 is 0 Å². The van der Waals surface area contributed by atoms with Gasteiger partial charge in [-0.05, 0) is 23.8 Å². The Bertz CT molecular complexity index is 1380. The van der Waals surface area contributed by atoms with Crippen molar-refractivity contribution in [2.75, 3.05) is 18.9 Å². The van der Waals surface area contributed by atoms with E-state index >= 15 is 0 Å². The number of hydrogen-bond donors (Lipinski definition) is 1. The van der Waals surface area contributed by atoms with E-state index in [1.54, 1.807) is 11.9 Å². The summed E-state index contributed by atoms with van der Waals surface area (Å²) in [5, 5.41) is 4.40. The molecule has 0 unspecified atom stereocenters. The van der Waals surface area contributed by atoms with Crippen molar-refractivity contribution in [1.29, 1.82) is 0 Å². The van der Waals surface area contributed by atoms with Crippen LogP contribution in [0.4, 0.5) is 5.82 Å². The molecule has 0 aliphatic carbocycles. The molecule has 0 spiro atoms. The zero-order valence-corrected chi connectivity index (χ0v) is 19.0. The van der Waals surface area contributed by atoms with Crippen molar-refractivity contribution in [3.63, 3.8) is 0 Å². The number of amides is 1. The number of rotatable bonds is 6. The molecule has 0 atom stereocenters. The monoisotopic (exact) mass is 447 g/mol. The fraction of sp³-hybridized carbons (Fsp3) is 0.143. The summed E-state index contributed by atoms with van der Waals surface area (Å²) in [5.74, 6) is 1.29. The molecule has 0 saturated heterocycles. The van der Waals surface area contributed by atoms with Gasteiger partial charge in [-0.15, -0.1) is 0 Å². The van der Waals surface area contributed by atoms with Gasteiger partial charge in [0, 0.05) is 43.2 Å². The molecule has 5 rings (SSSR count). The Morgan fingerprint density at radius 1 is 0.912 bits per heavy atom. The predicted molar refractivity (Wildman–Crippen MR) is 137 cm³/mol. The van der Waals surface area contributed by atoms with Crippen molar-refractivity contribution in [2.24, 2.45) is 4.99 Å². The van der Waals surface area contributed by atoms with Crippen molar-refractivity contribution in [1.82, 2.24) is 14.9 Å². The van der Waals surface area contributed by atoms with E-state index < -0.39 is 0 Å². The smallest absolute Gasteiger partial charge is 0.272 e. The molecule has 6 heteroatoms. The van der Waals surface area contributed by atoms with Crippen LogP contribution in [0.5, 0.6) is 0 Å². The number of hydrogen-bond acceptors (Lipinski definition) is 5. The van der Waals surface area contributed by atoms with Crippen LogP contribution >= 0.6 is 0 Å². The first kappa shape index (κ1) is 21.5. The van der Waals surface area contributed by atoms with Gasteiger partial charge in [0.1, 0.15) is 11.5 Å². The molecule has 1 aliphatic rings. The van der Waals surface area contributed by atoms with Crippen LogP contribution in [0.25, 0.3) is 22.3 Å². The summed E-state index contributed by atoms with van der Waals surface area (Å²) in [6, 6.07) is 27.8. The molecule has 0 fully saturated rings. The Morgan fingerprint density at radius 3 is 2.41 bits per heavy atom. The number of fused-ring (bicyclic) bond motifs is 1. The minimum absolute atomic E-state index is 0.0969. The Kier molecular flexibility index (Phi) is 6.12. The molecule has 0 saturated carbocycles. The van der Waals surface area contributed by atoms with E-state index in [1.165, 1.54) is 0 Å². The van der Waals surface area contributed by atoms with E-state index in [1.807, 2.05) is 91.0 Å². The molecular formula is C28H25N5O. The second-order valence-corrected chi connectivity index (χ2v) is 8.24. The Morgan fingerprint density at radius 2 is 1.62 bits per heavy atom. The normalized spacial score (nSPS) is 13.2. The van der Waals surface area contributed by atoms with Gasteiger partial charge in [0.25, 0.3) is 5.91 Å². The van der Waals surface area contributed by atoms with E-state index in [-0.39, 0.29) is 5.91 Å². The lowest BCUT2D eigenvalue weighted by Crippen LogP contribution is -2.33. The van der Waals surface area contributed by atoms with Crippen LogP contribution < -0.4 is 5.32 Å². The summed E-state index contributed by atoms with van der Waals surface area (Å²) >= 11 is 0. The molecule has 2 heterocycles. The van der Waals surface area contributed by atoms with Crippen molar-refractivity contribution >= 4 is 28.3 Å². The molecule has 4 aromatic rings. The highest BCUT2D eigenvalue weighted by molar-refractivity contribution is 6.43. The second kappa shape index (κ2) is 9.67. The average molecular weight is 448 g/mol. The highest BCUT2D eigenvalue weighted by Gasteiger charge is 2.19. The lowest BCUT2D eigenvalue weighted by molar-refractivity contribution is -0.123. The number of para-hydroxylation sites is 1. The number of nitrogens with one attached hydrogen (secondary N) is 1. The highest BCUT2D eigenvalue weighted by atomic mass is 16.2. The molecule has 3 aromatic carbocycles. The number of nitrogens with zero attached hydrogens (tertiary/aromatic N) is 4. The minimum Gasteiger partial charge on any atom is -0.343 e. The summed E-state index contributed by atoms with van der Waals surface area (Å²) in [5.41, 5.74) is 4.26. The van der Waals surface area contributed by atoms with Gasteiger partial charge in [-0.25, -0.2) is 9.97 Å². The summed E-state index contributed by atoms with van der Waals surface area (Å²) in [6.45, 7) is 1.08. The summed E-state index contributed by atoms with van der Waals surface area (Å²) in [7, 11) is 1.80. The standard InChI is InChI=1S/C28H25N5O/c1-33(19-20-10-4-2-5-11-20)28(34)25-18-22(16-17-29-25)30-27-23-14-8-9-15-24(23)31-26(32-27)21-12-6-3-7-13-21/h2-15,18H,16-17,19H2,1H3,(H,30,31,32). The fourth-order valence-corrected chi connectivity index (χ4v) is 3.97. The number of aliphatic imine (C=N–C) groups is 1. The van der Waals surface area contributed by atoms with Crippen LogP contribution in [0.2, 0.25) is 0 Å². The molecule has 168 valence electrons. The molecule has 0 bridgehead atoms. The molecule has 1 amide bonds. The van der Waals surface area contributed by atoms with Crippen molar-refractivity contribution < 1.29 is 4.79 Å². The van der Waals surface area contributed by atoms with Crippen LogP contribution in [-0.2, 0) is 11.3 Å². The van der Waals surface area contributed by atoms with Crippen LogP contribution in [0, 0.1) is 0 Å². The summed E-state index contributed by atoms with van der Waals surface area (Å²) in [4.78, 5) is 28.8. The lowest BCUT2D eigenvalue weighted by atomic mass is 10.1. The third-order valence-corrected chi connectivity index (χ3v) is 5.72. The maximum Gasteiger partial charge on any atom is 0.272 e. The van der Waals surface area contributed by atoms with E-state index in [0.717, 1.165) is 33.5 Å². The van der Waals surface area contributed by atoms with Crippen LogP contribution in [0.1, 0.15) is 12.0 Å². The fourth-order valence-electron chi connectivity index (χ4n) is 3.97. The van der Waals surface area contributed by atoms with Crippen molar-refractivity contribution in [3.05, 3.63) is 102 Å². The average Bonchev–Trinajstić information content (AvgIpc) is 2.89. The summed E-state index contributed by atoms with van der Waals surface area (Å²) in [6.07, 6.45) is 2.55. The Labute approximate surface area is 198 Å². The number of carbonyl (C=O) groups excluding carboxylic acids is 1. The maximum atomic E-state index is 13.0. The number of aromatic nitrogens is 2. The van der Waals surface area contributed by atoms with Gasteiger partial charge in [0.2, 0.25) is 0 Å². The number of benzene rings is 3. The van der Waals surface area contributed by atoms with Gasteiger partial charge < -0.3 is 10.2 Å². The van der Waals surface area contributed by atoms with Crippen molar-refractivity contribution in [2.45, 2.75) is 13.0 Å². The minimum atomic E-state index is -0.0969. The van der Waals surface area contributed by atoms with Gasteiger partial charge in [-0.2, -0.15) is 0 Å². The molecule has 1 N–H and O–H groups in total. The molecule has 1 aromatic heterocycles. The van der Waals surface area contributed by atoms with E-state index in [9.17, 15) is 4.79 Å². The molecule has 1 aliphatic heterocycles. The molecular weight excluding hydrogens is 422 g/mol. The molecule has 0 radical (unpaired) electrons. The third kappa shape index (κ3) is 4.71. The molecule has 6 nitrogen and oxygen atoms in total. The highest BCUT2D eigenvalue weighted by Crippen LogP contribution is 2.26. The lowest BCUT2D eigenvalue weighted by Gasteiger charge is -2.20. The van der Waals surface area contributed by atoms with Gasteiger partial charge in [0.15, 0.2) is 5.82 Å². The first-order chi connectivity index (χ1) is 16.7. The topological polar surface area (TPSA) is 70.5 Å². The van der Waals surface area contributed by atoms with E-state index in [4.69, 9.17) is 9.97 Å². The van der Waals surface area contributed by atoms with E-state index in [0.29, 0.717) is 31.0 Å². The van der Waals surface area contributed by atoms with Crippen LogP contribution in [0.3, 0.4) is 0 Å². The number of anilines is 1. The zero-order chi connectivity index (χ0) is 23.3. The SMILES string of the molecule is CN(Cc1ccccc1)C(=O)C1=NCCC(Nc2nc(-c3ccccc3)nc3ccccc23)=C1.